The molecule has 1 N–H and O–H groups in total. The van der Waals surface area contributed by atoms with Gasteiger partial charge < -0.3 is 13.9 Å². The Kier molecular flexibility index (Phi) is 10.4. The Labute approximate surface area is 205 Å². The molecule has 1 unspecified atom stereocenters. The number of hydrogen-bond acceptors (Lipinski definition) is 5. The largest absolute Gasteiger partial charge is 0.492 e. The van der Waals surface area contributed by atoms with Crippen molar-refractivity contribution in [2.75, 3.05) is 13.7 Å². The zero-order chi connectivity index (χ0) is 24.6. The number of esters is 1. The minimum atomic E-state index is -1.33. The molecule has 0 saturated carbocycles. The third-order valence-corrected chi connectivity index (χ3v) is 6.38. The summed E-state index contributed by atoms with van der Waals surface area (Å²) in [6, 6.07) is 15.6. The quantitative estimate of drug-likeness (QED) is 0.253. The summed E-state index contributed by atoms with van der Waals surface area (Å²) >= 11 is 6.32. The summed E-state index contributed by atoms with van der Waals surface area (Å²) in [5, 5.41) is 4.40. The van der Waals surface area contributed by atoms with Gasteiger partial charge in [0.25, 0.3) is 0 Å². The van der Waals surface area contributed by atoms with Crippen molar-refractivity contribution in [2.45, 2.75) is 65.4 Å². The molecule has 0 aliphatic rings. The van der Waals surface area contributed by atoms with Crippen LogP contribution in [-0.4, -0.2) is 41.0 Å². The van der Waals surface area contributed by atoms with Gasteiger partial charge in [-0.2, -0.15) is 0 Å². The van der Waals surface area contributed by atoms with E-state index in [1.165, 1.54) is 7.11 Å². The average Bonchev–Trinajstić information content (AvgIpc) is 2.72. The van der Waals surface area contributed by atoms with Gasteiger partial charge in [-0.15, -0.1) is 0 Å². The Bertz CT molecular complexity index is 883. The molecule has 0 aliphatic carbocycles. The van der Waals surface area contributed by atoms with Gasteiger partial charge >= 0.3 is 5.97 Å². The fraction of sp³-hybridized carbons (Fsp3) is 0.500. The molecule has 0 bridgehead atoms. The zero-order valence-corrected chi connectivity index (χ0v) is 22.8. The lowest BCUT2D eigenvalue weighted by molar-refractivity contribution is -0.139. The van der Waals surface area contributed by atoms with E-state index in [9.17, 15) is 4.79 Å². The van der Waals surface area contributed by atoms with Crippen molar-refractivity contribution in [3.05, 3.63) is 64.7 Å². The molecule has 3 atom stereocenters. The molecule has 7 heteroatoms. The third kappa shape index (κ3) is 9.12. The number of methoxy groups -OCH3 is 1. The van der Waals surface area contributed by atoms with E-state index < -0.39 is 9.04 Å². The molecule has 0 spiro atoms. The first kappa shape index (κ1) is 27.4. The number of nitrogens with one attached hydrogen (secondary N) is 1. The lowest BCUT2D eigenvalue weighted by atomic mass is 9.75. The van der Waals surface area contributed by atoms with Crippen LogP contribution in [0.15, 0.2) is 48.5 Å². The van der Waals surface area contributed by atoms with Crippen molar-refractivity contribution >= 4 is 26.6 Å². The SMILES string of the molecule is COC(=O)Cc1ccc(OC[C@@H](C)NC(O[SiH](C)C)[C@@H](c2cccc(Cl)c2)C(C)(C)C)cc1. The summed E-state index contributed by atoms with van der Waals surface area (Å²) in [6.45, 7) is 13.7. The summed E-state index contributed by atoms with van der Waals surface area (Å²) in [4.78, 5) is 11.4. The molecule has 0 amide bonds. The lowest BCUT2D eigenvalue weighted by Crippen LogP contribution is -2.49. The zero-order valence-electron chi connectivity index (χ0n) is 20.9. The van der Waals surface area contributed by atoms with Crippen LogP contribution in [0.2, 0.25) is 18.1 Å². The Balaban J connectivity index is 2.09. The Hall–Kier alpha value is -1.86. The van der Waals surface area contributed by atoms with Crippen LogP contribution in [-0.2, 0) is 20.4 Å². The van der Waals surface area contributed by atoms with Gasteiger partial charge in [0.05, 0.1) is 13.5 Å². The minimum absolute atomic E-state index is 0.0400. The molecule has 5 nitrogen and oxygen atoms in total. The summed E-state index contributed by atoms with van der Waals surface area (Å²) in [5.74, 6) is 0.621. The predicted molar refractivity (Wildman–Crippen MR) is 138 cm³/mol. The van der Waals surface area contributed by atoms with Crippen molar-refractivity contribution in [1.82, 2.24) is 5.32 Å². The molecule has 0 heterocycles. The second-order valence-corrected chi connectivity index (χ2v) is 12.6. The summed E-state index contributed by atoms with van der Waals surface area (Å²) in [7, 11) is 0.0670. The highest BCUT2D eigenvalue weighted by Crippen LogP contribution is 2.39. The van der Waals surface area contributed by atoms with Gasteiger partial charge in [-0.1, -0.05) is 56.6 Å². The van der Waals surface area contributed by atoms with E-state index in [4.69, 9.17) is 25.5 Å². The number of carbonyl (C=O) groups is 1. The highest BCUT2D eigenvalue weighted by molar-refractivity contribution is 6.48. The van der Waals surface area contributed by atoms with Gasteiger partial charge in [0.1, 0.15) is 18.6 Å². The van der Waals surface area contributed by atoms with E-state index in [2.05, 4.69) is 52.2 Å². The summed E-state index contributed by atoms with van der Waals surface area (Å²) in [6.07, 6.45) is 0.0982. The predicted octanol–water partition coefficient (Wildman–Crippen LogP) is 5.57. The molecule has 0 aromatic heterocycles. The van der Waals surface area contributed by atoms with Crippen LogP contribution in [0.25, 0.3) is 0 Å². The van der Waals surface area contributed by atoms with Crippen molar-refractivity contribution in [2.24, 2.45) is 5.41 Å². The second-order valence-electron chi connectivity index (χ2n) is 9.78. The van der Waals surface area contributed by atoms with Crippen LogP contribution < -0.4 is 10.1 Å². The van der Waals surface area contributed by atoms with Crippen molar-refractivity contribution < 1.29 is 18.7 Å². The number of hydrogen-bond donors (Lipinski definition) is 1. The first-order valence-corrected chi connectivity index (χ1v) is 14.6. The van der Waals surface area contributed by atoms with Gasteiger partial charge in [-0.05, 0) is 60.8 Å². The number of rotatable bonds is 11. The number of halogens is 1. The van der Waals surface area contributed by atoms with Gasteiger partial charge in [-0.3, -0.25) is 10.1 Å². The Morgan fingerprint density at radius 3 is 2.33 bits per heavy atom. The Morgan fingerprint density at radius 1 is 1.12 bits per heavy atom. The topological polar surface area (TPSA) is 56.8 Å². The van der Waals surface area contributed by atoms with Crippen LogP contribution in [0.1, 0.15) is 44.7 Å². The van der Waals surface area contributed by atoms with E-state index in [0.29, 0.717) is 6.61 Å². The number of benzene rings is 2. The molecular weight excluding hydrogens is 454 g/mol. The van der Waals surface area contributed by atoms with Crippen molar-refractivity contribution in [3.8, 4) is 5.75 Å². The van der Waals surface area contributed by atoms with Crippen LogP contribution in [0, 0.1) is 5.41 Å². The molecule has 2 rings (SSSR count). The molecule has 2 aromatic rings. The normalized spacial score (nSPS) is 14.6. The van der Waals surface area contributed by atoms with Crippen LogP contribution >= 0.6 is 11.6 Å². The van der Waals surface area contributed by atoms with Crippen molar-refractivity contribution in [1.29, 1.82) is 0 Å². The number of carbonyl (C=O) groups excluding carboxylic acids is 1. The highest BCUT2D eigenvalue weighted by Gasteiger charge is 2.35. The first-order valence-electron chi connectivity index (χ1n) is 11.4. The molecule has 0 aliphatic heterocycles. The van der Waals surface area contributed by atoms with Crippen LogP contribution in [0.3, 0.4) is 0 Å². The molecule has 2 aromatic carbocycles. The maximum absolute atomic E-state index is 11.4. The molecule has 0 fully saturated rings. The lowest BCUT2D eigenvalue weighted by Gasteiger charge is -2.40. The minimum Gasteiger partial charge on any atom is -0.492 e. The first-order chi connectivity index (χ1) is 15.5. The van der Waals surface area contributed by atoms with Crippen LogP contribution in [0.5, 0.6) is 5.75 Å². The second kappa shape index (κ2) is 12.6. The fourth-order valence-corrected chi connectivity index (χ4v) is 4.85. The maximum atomic E-state index is 11.4. The van der Waals surface area contributed by atoms with E-state index in [-0.39, 0.29) is 36.0 Å². The monoisotopic (exact) mass is 491 g/mol. The van der Waals surface area contributed by atoms with Gasteiger partial charge in [0.2, 0.25) is 0 Å². The standard InChI is InChI=1S/C26H38ClNO4Si/c1-18(17-31-22-13-11-19(12-14-22)15-23(29)30-5)28-25(32-33(6)7)24(26(2,3)4)20-9-8-10-21(27)16-20/h8-14,16,18,24-25,28,33H,15,17H2,1-7H3/t18-,24-,25?/m1/s1. The smallest absolute Gasteiger partial charge is 0.309 e. The molecule has 0 radical (unpaired) electrons. The van der Waals surface area contributed by atoms with Crippen molar-refractivity contribution in [3.63, 3.8) is 0 Å². The van der Waals surface area contributed by atoms with Crippen LogP contribution in [0.4, 0.5) is 0 Å². The van der Waals surface area contributed by atoms with Gasteiger partial charge in [-0.25, -0.2) is 0 Å². The van der Waals surface area contributed by atoms with E-state index in [1.54, 1.807) is 0 Å². The summed E-state index contributed by atoms with van der Waals surface area (Å²) < 4.78 is 17.2. The van der Waals surface area contributed by atoms with E-state index in [0.717, 1.165) is 21.9 Å². The summed E-state index contributed by atoms with van der Waals surface area (Å²) in [5.41, 5.74) is 2.02. The highest BCUT2D eigenvalue weighted by atomic mass is 35.5. The van der Waals surface area contributed by atoms with E-state index in [1.807, 2.05) is 42.5 Å². The fourth-order valence-electron chi connectivity index (χ4n) is 3.83. The molecule has 33 heavy (non-hydrogen) atoms. The average molecular weight is 492 g/mol. The third-order valence-electron chi connectivity index (χ3n) is 5.31. The molecule has 182 valence electrons. The number of ether oxygens (including phenoxy) is 2. The Morgan fingerprint density at radius 2 is 1.79 bits per heavy atom. The van der Waals surface area contributed by atoms with E-state index >= 15 is 0 Å². The van der Waals surface area contributed by atoms with Gasteiger partial charge in [0, 0.05) is 17.0 Å². The van der Waals surface area contributed by atoms with Gasteiger partial charge in [0.15, 0.2) is 9.04 Å². The molecular formula is C26H38ClNO4Si. The maximum Gasteiger partial charge on any atom is 0.309 e. The molecule has 0 saturated heterocycles.